The number of nitrogens with one attached hydrogen (secondary N) is 1. The highest BCUT2D eigenvalue weighted by atomic mass is 35.5. The molecule has 0 aliphatic carbocycles. The number of esters is 1. The van der Waals surface area contributed by atoms with Gasteiger partial charge in [-0.2, -0.15) is 4.98 Å². The van der Waals surface area contributed by atoms with E-state index in [1.807, 2.05) is 52.8 Å². The summed E-state index contributed by atoms with van der Waals surface area (Å²) in [6.07, 6.45) is 1.55. The Labute approximate surface area is 219 Å². The first kappa shape index (κ1) is 26.6. The number of halogens is 2. The number of hydrogen-bond donors (Lipinski definition) is 1. The second-order valence-electron chi connectivity index (χ2n) is 10.0. The second kappa shape index (κ2) is 10.5. The minimum absolute atomic E-state index is 0.146. The van der Waals surface area contributed by atoms with Crippen molar-refractivity contribution in [3.63, 3.8) is 0 Å². The zero-order chi connectivity index (χ0) is 26.9. The molecule has 0 radical (unpaired) electrons. The maximum atomic E-state index is 14.4. The Balaban J connectivity index is 1.52. The smallest absolute Gasteiger partial charge is 0.323 e. The van der Waals surface area contributed by atoms with Crippen LogP contribution < -0.4 is 10.1 Å². The molecule has 0 saturated heterocycles. The summed E-state index contributed by atoms with van der Waals surface area (Å²) in [5.74, 6) is -0.234. The predicted molar refractivity (Wildman–Crippen MR) is 139 cm³/mol. The molecule has 0 aliphatic heterocycles. The van der Waals surface area contributed by atoms with Crippen molar-refractivity contribution in [1.82, 2.24) is 20.0 Å². The summed E-state index contributed by atoms with van der Waals surface area (Å²) in [5.41, 5.74) is 1.60. The zero-order valence-corrected chi connectivity index (χ0v) is 22.4. The van der Waals surface area contributed by atoms with Gasteiger partial charge in [-0.15, -0.1) is 0 Å². The molecular formula is C27H30ClFN4O4. The summed E-state index contributed by atoms with van der Waals surface area (Å²) < 4.78 is 32.4. The summed E-state index contributed by atoms with van der Waals surface area (Å²) in [5, 5.41) is 8.53. The van der Waals surface area contributed by atoms with Gasteiger partial charge in [0.15, 0.2) is 11.6 Å². The maximum Gasteiger partial charge on any atom is 0.323 e. The first-order chi connectivity index (χ1) is 17.4. The van der Waals surface area contributed by atoms with Gasteiger partial charge in [0.1, 0.15) is 11.6 Å². The zero-order valence-electron chi connectivity index (χ0n) is 21.6. The van der Waals surface area contributed by atoms with Crippen LogP contribution in [0.3, 0.4) is 0 Å². The van der Waals surface area contributed by atoms with Crippen molar-refractivity contribution in [3.05, 3.63) is 59.0 Å². The van der Waals surface area contributed by atoms with E-state index in [1.54, 1.807) is 23.8 Å². The first-order valence-electron chi connectivity index (χ1n) is 12.0. The molecule has 196 valence electrons. The normalized spacial score (nSPS) is 12.8. The second-order valence-corrected chi connectivity index (χ2v) is 10.5. The van der Waals surface area contributed by atoms with Crippen molar-refractivity contribution in [1.29, 1.82) is 0 Å². The molecule has 4 aromatic rings. The van der Waals surface area contributed by atoms with E-state index in [0.29, 0.717) is 17.1 Å². The standard InChI is InChI=1S/C27H30ClFN4O4/c1-15(2)35-23-10-8-18(12-21(23)29)24-31-26(32-37-24)33-14-20(28)19-11-17(7-9-22(19)33)13-30-16(3)25(34)36-27(4,5)6/h7-12,14-16,30H,13H2,1-6H3. The third-order valence-electron chi connectivity index (χ3n) is 5.37. The molecule has 1 unspecified atom stereocenters. The Bertz CT molecular complexity index is 1420. The van der Waals surface area contributed by atoms with Crippen molar-refractivity contribution >= 4 is 28.5 Å². The number of benzene rings is 2. The molecule has 1 atom stereocenters. The van der Waals surface area contributed by atoms with E-state index in [9.17, 15) is 9.18 Å². The Morgan fingerprint density at radius 3 is 2.62 bits per heavy atom. The van der Waals surface area contributed by atoms with Gasteiger partial charge in [0.2, 0.25) is 0 Å². The summed E-state index contributed by atoms with van der Waals surface area (Å²) in [6.45, 7) is 11.4. The molecule has 1 N–H and O–H groups in total. The largest absolute Gasteiger partial charge is 0.488 e. The molecule has 8 nitrogen and oxygen atoms in total. The lowest BCUT2D eigenvalue weighted by Gasteiger charge is -2.22. The fraction of sp³-hybridized carbons (Fsp3) is 0.370. The highest BCUT2D eigenvalue weighted by Gasteiger charge is 2.22. The molecule has 0 fully saturated rings. The molecule has 0 spiro atoms. The Morgan fingerprint density at radius 1 is 1.19 bits per heavy atom. The highest BCUT2D eigenvalue weighted by Crippen LogP contribution is 2.30. The summed E-state index contributed by atoms with van der Waals surface area (Å²) in [6, 6.07) is 9.79. The van der Waals surface area contributed by atoms with E-state index >= 15 is 0 Å². The van der Waals surface area contributed by atoms with Crippen LogP contribution in [0.2, 0.25) is 5.02 Å². The average Bonchev–Trinajstić information content (AvgIpc) is 3.42. The van der Waals surface area contributed by atoms with E-state index in [2.05, 4.69) is 15.5 Å². The van der Waals surface area contributed by atoms with Gasteiger partial charge in [-0.3, -0.25) is 9.36 Å². The Kier molecular flexibility index (Phi) is 7.57. The summed E-state index contributed by atoms with van der Waals surface area (Å²) in [4.78, 5) is 16.7. The van der Waals surface area contributed by atoms with Crippen LogP contribution >= 0.6 is 11.6 Å². The molecule has 10 heteroatoms. The first-order valence-corrected chi connectivity index (χ1v) is 12.4. The topological polar surface area (TPSA) is 91.4 Å². The van der Waals surface area contributed by atoms with Crippen LogP contribution in [0.4, 0.5) is 4.39 Å². The van der Waals surface area contributed by atoms with Crippen LogP contribution in [0, 0.1) is 5.82 Å². The third kappa shape index (κ3) is 6.29. The number of rotatable bonds is 8. The number of ether oxygens (including phenoxy) is 2. The summed E-state index contributed by atoms with van der Waals surface area (Å²) in [7, 11) is 0. The van der Waals surface area contributed by atoms with E-state index in [4.69, 9.17) is 25.6 Å². The molecule has 2 aromatic carbocycles. The lowest BCUT2D eigenvalue weighted by atomic mass is 10.1. The van der Waals surface area contributed by atoms with Crippen LogP contribution in [0.1, 0.15) is 47.1 Å². The van der Waals surface area contributed by atoms with Crippen LogP contribution in [-0.4, -0.2) is 38.4 Å². The van der Waals surface area contributed by atoms with Gasteiger partial charge >= 0.3 is 5.97 Å². The van der Waals surface area contributed by atoms with E-state index in [1.165, 1.54) is 12.1 Å². The number of carbonyl (C=O) groups excluding carboxylic acids is 1. The van der Waals surface area contributed by atoms with Crippen molar-refractivity contribution in [3.8, 4) is 23.2 Å². The number of carbonyl (C=O) groups is 1. The van der Waals surface area contributed by atoms with Crippen LogP contribution in [0.15, 0.2) is 47.1 Å². The molecule has 4 rings (SSSR count). The van der Waals surface area contributed by atoms with Gasteiger partial charge in [0, 0.05) is 23.7 Å². The van der Waals surface area contributed by atoms with Crippen molar-refractivity contribution in [2.75, 3.05) is 0 Å². The van der Waals surface area contributed by atoms with Gasteiger partial charge in [-0.05, 0) is 82.6 Å². The van der Waals surface area contributed by atoms with E-state index in [-0.39, 0.29) is 29.7 Å². The molecular weight excluding hydrogens is 499 g/mol. The quantitative estimate of drug-likeness (QED) is 0.277. The maximum absolute atomic E-state index is 14.4. The lowest BCUT2D eigenvalue weighted by Crippen LogP contribution is -2.38. The SMILES string of the molecule is CC(C)Oc1ccc(-c2nc(-n3cc(Cl)c4cc(CNC(C)C(=O)OC(C)(C)C)ccc43)no2)cc1F. The predicted octanol–water partition coefficient (Wildman–Crippen LogP) is 6.08. The minimum atomic E-state index is -0.544. The van der Waals surface area contributed by atoms with Gasteiger partial charge in [-0.25, -0.2) is 4.39 Å². The minimum Gasteiger partial charge on any atom is -0.488 e. The Morgan fingerprint density at radius 2 is 1.95 bits per heavy atom. The Hall–Kier alpha value is -3.43. The van der Waals surface area contributed by atoms with Crippen LogP contribution in [0.25, 0.3) is 28.3 Å². The molecule has 0 amide bonds. The van der Waals surface area contributed by atoms with E-state index in [0.717, 1.165) is 16.5 Å². The van der Waals surface area contributed by atoms with Crippen molar-refractivity contribution < 1.29 is 23.2 Å². The average molecular weight is 529 g/mol. The molecule has 0 bridgehead atoms. The van der Waals surface area contributed by atoms with Crippen LogP contribution in [0.5, 0.6) is 5.75 Å². The van der Waals surface area contributed by atoms with Crippen molar-refractivity contribution in [2.45, 2.75) is 65.8 Å². The third-order valence-corrected chi connectivity index (χ3v) is 5.67. The number of fused-ring (bicyclic) bond motifs is 1. The number of aromatic nitrogens is 3. The molecule has 2 heterocycles. The van der Waals surface area contributed by atoms with Gasteiger partial charge in [0.25, 0.3) is 11.8 Å². The highest BCUT2D eigenvalue weighted by molar-refractivity contribution is 6.35. The van der Waals surface area contributed by atoms with Crippen LogP contribution in [-0.2, 0) is 16.1 Å². The van der Waals surface area contributed by atoms with E-state index < -0.39 is 17.5 Å². The molecule has 37 heavy (non-hydrogen) atoms. The van der Waals surface area contributed by atoms with Gasteiger partial charge < -0.3 is 19.3 Å². The lowest BCUT2D eigenvalue weighted by molar-refractivity contribution is -0.157. The monoisotopic (exact) mass is 528 g/mol. The fourth-order valence-electron chi connectivity index (χ4n) is 3.67. The number of hydrogen-bond acceptors (Lipinski definition) is 7. The van der Waals surface area contributed by atoms with Crippen molar-refractivity contribution in [2.24, 2.45) is 0 Å². The number of nitrogens with zero attached hydrogens (tertiary/aromatic N) is 3. The summed E-state index contributed by atoms with van der Waals surface area (Å²) >= 11 is 6.52. The fourth-order valence-corrected chi connectivity index (χ4v) is 3.92. The van der Waals surface area contributed by atoms with Gasteiger partial charge in [-0.1, -0.05) is 17.7 Å². The molecule has 0 aliphatic rings. The molecule has 2 aromatic heterocycles. The van der Waals surface area contributed by atoms with Gasteiger partial charge in [0.05, 0.1) is 16.6 Å². The molecule has 0 saturated carbocycles.